The predicted octanol–water partition coefficient (Wildman–Crippen LogP) is 4.04. The lowest BCUT2D eigenvalue weighted by atomic mass is 10.0. The van der Waals surface area contributed by atoms with Gasteiger partial charge in [-0.05, 0) is 39.0 Å². The standard InChI is InChI=1S/C18H30O4/c1-5-22-18(19)17(3)13-10-12-16(2)11-8-6-7-9-14-21-15-20-4/h6-9,13,16H,5,10-12,14-15H2,1-4H3/b8-6+,9-7+,17-13+/t16-/m0/s1. The van der Waals surface area contributed by atoms with E-state index in [-0.39, 0.29) is 5.97 Å². The third-order valence-electron chi connectivity index (χ3n) is 3.04. The van der Waals surface area contributed by atoms with E-state index in [0.717, 1.165) is 19.3 Å². The smallest absolute Gasteiger partial charge is 0.333 e. The van der Waals surface area contributed by atoms with Gasteiger partial charge in [0, 0.05) is 12.7 Å². The largest absolute Gasteiger partial charge is 0.463 e. The molecule has 0 aliphatic heterocycles. The molecule has 0 aliphatic rings. The molecule has 0 aliphatic carbocycles. The Morgan fingerprint density at radius 1 is 1.23 bits per heavy atom. The topological polar surface area (TPSA) is 44.8 Å². The van der Waals surface area contributed by atoms with E-state index in [1.807, 2.05) is 31.2 Å². The third-order valence-corrected chi connectivity index (χ3v) is 3.04. The number of rotatable bonds is 12. The first kappa shape index (κ1) is 20.6. The fourth-order valence-corrected chi connectivity index (χ4v) is 1.75. The van der Waals surface area contributed by atoms with E-state index < -0.39 is 0 Å². The van der Waals surface area contributed by atoms with Gasteiger partial charge in [0.05, 0.1) is 13.2 Å². The van der Waals surface area contributed by atoms with E-state index in [1.165, 1.54) is 0 Å². The van der Waals surface area contributed by atoms with E-state index in [0.29, 0.717) is 31.5 Å². The summed E-state index contributed by atoms with van der Waals surface area (Å²) >= 11 is 0. The monoisotopic (exact) mass is 310 g/mol. The van der Waals surface area contributed by atoms with E-state index in [2.05, 4.69) is 13.0 Å². The van der Waals surface area contributed by atoms with Crippen LogP contribution in [0, 0.1) is 5.92 Å². The van der Waals surface area contributed by atoms with Crippen molar-refractivity contribution in [2.75, 3.05) is 27.1 Å². The van der Waals surface area contributed by atoms with Gasteiger partial charge in [0.1, 0.15) is 6.79 Å². The normalized spacial score (nSPS) is 13.9. The highest BCUT2D eigenvalue weighted by Crippen LogP contribution is 2.12. The maximum atomic E-state index is 11.4. The van der Waals surface area contributed by atoms with Gasteiger partial charge in [-0.1, -0.05) is 37.3 Å². The Hall–Kier alpha value is -1.39. The quantitative estimate of drug-likeness (QED) is 0.179. The molecule has 0 bridgehead atoms. The van der Waals surface area contributed by atoms with Crippen LogP contribution in [0.4, 0.5) is 0 Å². The molecule has 0 heterocycles. The van der Waals surface area contributed by atoms with Crippen LogP contribution in [-0.2, 0) is 19.0 Å². The molecule has 0 N–H and O–H groups in total. The lowest BCUT2D eigenvalue weighted by Crippen LogP contribution is -2.05. The second-order valence-electron chi connectivity index (χ2n) is 5.16. The van der Waals surface area contributed by atoms with Crippen LogP contribution in [0.1, 0.15) is 40.0 Å². The van der Waals surface area contributed by atoms with Gasteiger partial charge in [0.25, 0.3) is 0 Å². The van der Waals surface area contributed by atoms with Crippen molar-refractivity contribution in [1.82, 2.24) is 0 Å². The highest BCUT2D eigenvalue weighted by Gasteiger charge is 2.04. The first-order chi connectivity index (χ1) is 10.6. The van der Waals surface area contributed by atoms with Gasteiger partial charge in [-0.2, -0.15) is 0 Å². The number of allylic oxidation sites excluding steroid dienone is 4. The van der Waals surface area contributed by atoms with Crippen LogP contribution >= 0.6 is 0 Å². The van der Waals surface area contributed by atoms with Crippen molar-refractivity contribution in [2.24, 2.45) is 5.92 Å². The minimum absolute atomic E-state index is 0.212. The number of methoxy groups -OCH3 is 1. The summed E-state index contributed by atoms with van der Waals surface area (Å²) in [7, 11) is 1.61. The molecule has 0 unspecified atom stereocenters. The third kappa shape index (κ3) is 12.4. The van der Waals surface area contributed by atoms with Gasteiger partial charge < -0.3 is 14.2 Å². The highest BCUT2D eigenvalue weighted by atomic mass is 16.7. The Balaban J connectivity index is 3.79. The summed E-state index contributed by atoms with van der Waals surface area (Å²) in [4.78, 5) is 11.4. The zero-order chi connectivity index (χ0) is 16.6. The molecular formula is C18H30O4. The highest BCUT2D eigenvalue weighted by molar-refractivity contribution is 5.87. The molecule has 0 spiro atoms. The van der Waals surface area contributed by atoms with Gasteiger partial charge in [0.2, 0.25) is 0 Å². The molecule has 126 valence electrons. The van der Waals surface area contributed by atoms with Crippen LogP contribution in [0.5, 0.6) is 0 Å². The first-order valence-corrected chi connectivity index (χ1v) is 7.84. The maximum absolute atomic E-state index is 11.4. The molecule has 0 aromatic heterocycles. The SMILES string of the molecule is CCOC(=O)/C(C)=C/CC[C@@H](C)C/C=C/C=C/COCOC. The van der Waals surface area contributed by atoms with Crippen molar-refractivity contribution >= 4 is 5.97 Å². The van der Waals surface area contributed by atoms with Crippen LogP contribution in [0.2, 0.25) is 0 Å². The van der Waals surface area contributed by atoms with Gasteiger partial charge >= 0.3 is 5.97 Å². The number of carbonyl (C=O) groups excluding carboxylic acids is 1. The molecular weight excluding hydrogens is 280 g/mol. The molecule has 4 nitrogen and oxygen atoms in total. The van der Waals surface area contributed by atoms with Crippen molar-refractivity contribution in [2.45, 2.75) is 40.0 Å². The average Bonchev–Trinajstić information content (AvgIpc) is 2.50. The number of ether oxygens (including phenoxy) is 3. The fraction of sp³-hybridized carbons (Fsp3) is 0.611. The Morgan fingerprint density at radius 3 is 2.64 bits per heavy atom. The summed E-state index contributed by atoms with van der Waals surface area (Å²) < 4.78 is 14.9. The average molecular weight is 310 g/mol. The van der Waals surface area contributed by atoms with Crippen molar-refractivity contribution in [3.05, 3.63) is 36.0 Å². The molecule has 22 heavy (non-hydrogen) atoms. The van der Waals surface area contributed by atoms with Crippen molar-refractivity contribution in [3.8, 4) is 0 Å². The van der Waals surface area contributed by atoms with Gasteiger partial charge in [-0.3, -0.25) is 0 Å². The van der Waals surface area contributed by atoms with Crippen molar-refractivity contribution < 1.29 is 19.0 Å². The van der Waals surface area contributed by atoms with E-state index in [4.69, 9.17) is 14.2 Å². The van der Waals surface area contributed by atoms with Crippen LogP contribution in [0.25, 0.3) is 0 Å². The van der Waals surface area contributed by atoms with E-state index >= 15 is 0 Å². The Bertz CT molecular complexity index is 369. The second kappa shape index (κ2) is 14.5. The van der Waals surface area contributed by atoms with Gasteiger partial charge in [-0.15, -0.1) is 0 Å². The molecule has 0 fully saturated rings. The zero-order valence-electron chi connectivity index (χ0n) is 14.3. The predicted molar refractivity (Wildman–Crippen MR) is 89.5 cm³/mol. The summed E-state index contributed by atoms with van der Waals surface area (Å²) in [6.45, 7) is 7.14. The Kier molecular flexibility index (Phi) is 13.6. The van der Waals surface area contributed by atoms with Gasteiger partial charge in [-0.25, -0.2) is 4.79 Å². The fourth-order valence-electron chi connectivity index (χ4n) is 1.75. The first-order valence-electron chi connectivity index (χ1n) is 7.84. The summed E-state index contributed by atoms with van der Waals surface area (Å²) in [5.74, 6) is 0.372. The molecule has 0 aromatic carbocycles. The molecule has 0 rings (SSSR count). The Labute approximate surface area is 134 Å². The molecule has 0 amide bonds. The van der Waals surface area contributed by atoms with Crippen LogP contribution in [-0.4, -0.2) is 33.1 Å². The number of hydrogen-bond donors (Lipinski definition) is 0. The molecule has 0 saturated carbocycles. The molecule has 1 atom stereocenters. The summed E-state index contributed by atoms with van der Waals surface area (Å²) in [6.07, 6.45) is 13.1. The van der Waals surface area contributed by atoms with Crippen molar-refractivity contribution in [3.63, 3.8) is 0 Å². The number of esters is 1. The molecule has 0 radical (unpaired) electrons. The zero-order valence-corrected chi connectivity index (χ0v) is 14.3. The Morgan fingerprint density at radius 2 is 1.95 bits per heavy atom. The molecule has 0 saturated heterocycles. The van der Waals surface area contributed by atoms with Crippen LogP contribution < -0.4 is 0 Å². The minimum Gasteiger partial charge on any atom is -0.463 e. The second-order valence-corrected chi connectivity index (χ2v) is 5.16. The lowest BCUT2D eigenvalue weighted by molar-refractivity contribution is -0.138. The lowest BCUT2D eigenvalue weighted by Gasteiger charge is -2.06. The maximum Gasteiger partial charge on any atom is 0.333 e. The summed E-state index contributed by atoms with van der Waals surface area (Å²) in [5.41, 5.74) is 0.698. The molecule has 4 heteroatoms. The van der Waals surface area contributed by atoms with Crippen molar-refractivity contribution in [1.29, 1.82) is 0 Å². The van der Waals surface area contributed by atoms with E-state index in [1.54, 1.807) is 14.0 Å². The molecule has 0 aromatic rings. The minimum atomic E-state index is -0.212. The van der Waals surface area contributed by atoms with Crippen LogP contribution in [0.3, 0.4) is 0 Å². The van der Waals surface area contributed by atoms with Gasteiger partial charge in [0.15, 0.2) is 0 Å². The van der Waals surface area contributed by atoms with E-state index in [9.17, 15) is 4.79 Å². The summed E-state index contributed by atoms with van der Waals surface area (Å²) in [5, 5.41) is 0. The van der Waals surface area contributed by atoms with Crippen LogP contribution in [0.15, 0.2) is 36.0 Å². The number of carbonyl (C=O) groups is 1. The summed E-state index contributed by atoms with van der Waals surface area (Å²) in [6, 6.07) is 0. The number of hydrogen-bond acceptors (Lipinski definition) is 4.